The number of hydrogen-bond acceptors (Lipinski definition) is 11. The molecular weight excluding hydrogens is 895 g/mol. The number of aliphatic imine (C=N–C) groups is 2. The Balaban J connectivity index is 1.00. The number of amides is 2. The molecule has 0 radical (unpaired) electrons. The maximum absolute atomic E-state index is 14.1. The van der Waals surface area contributed by atoms with Crippen LogP contribution in [0.2, 0.25) is 0 Å². The van der Waals surface area contributed by atoms with Gasteiger partial charge in [-0.1, -0.05) is 54.5 Å². The van der Waals surface area contributed by atoms with Crippen molar-refractivity contribution in [2.75, 3.05) is 67.6 Å². The minimum absolute atomic E-state index is 0.0652. The highest BCUT2D eigenvalue weighted by Crippen LogP contribution is 2.42. The van der Waals surface area contributed by atoms with Crippen molar-refractivity contribution in [3.63, 3.8) is 0 Å². The summed E-state index contributed by atoms with van der Waals surface area (Å²) in [6, 6.07) is 29.4. The zero-order valence-corrected chi connectivity index (χ0v) is 41.3. The number of carbonyl (C=O) groups is 2. The van der Waals surface area contributed by atoms with Crippen LogP contribution in [0.4, 0.5) is 28.4 Å². The first kappa shape index (κ1) is 47.1. The van der Waals surface area contributed by atoms with Crippen molar-refractivity contribution < 1.29 is 33.3 Å². The van der Waals surface area contributed by atoms with E-state index in [0.29, 0.717) is 85.7 Å². The van der Waals surface area contributed by atoms with E-state index < -0.39 is 0 Å². The number of aryl methyl sites for hydroxylation is 1. The molecule has 1 unspecified atom stereocenters. The smallest absolute Gasteiger partial charge is 0.261 e. The number of hydrogen-bond donors (Lipinski definition) is 0. The SMILES string of the molecule is CCCOCCOCCN(CC(C)(C)S(C)=S)c1cc(COc2cc3c(cc2C)C(=O)N2c4ccccc4C[C@H]2C=N3)cc(COc2cc3c(cc2OC)C(=O)N2c4ccccc4C[C@H]2C=N3)c1. The largest absolute Gasteiger partial charge is 0.493 e. The third-order valence-corrected chi connectivity index (χ3v) is 16.1. The van der Waals surface area contributed by atoms with Gasteiger partial charge in [0.15, 0.2) is 11.5 Å². The summed E-state index contributed by atoms with van der Waals surface area (Å²) in [4.78, 5) is 43.9. The minimum atomic E-state index is -0.301. The number of carbonyl (C=O) groups excluding carboxylic acids is 2. The maximum atomic E-state index is 14.1. The maximum Gasteiger partial charge on any atom is 0.261 e. The molecule has 2 amide bonds. The van der Waals surface area contributed by atoms with Gasteiger partial charge in [-0.15, -0.1) is 9.45 Å². The summed E-state index contributed by atoms with van der Waals surface area (Å²) < 4.78 is 30.7. The summed E-state index contributed by atoms with van der Waals surface area (Å²) >= 11 is 5.89. The van der Waals surface area contributed by atoms with E-state index in [1.807, 2.05) is 77.7 Å². The van der Waals surface area contributed by atoms with Gasteiger partial charge in [-0.05, 0) is 104 Å². The number of nitrogens with zero attached hydrogens (tertiary/aromatic N) is 5. The van der Waals surface area contributed by atoms with Crippen LogP contribution in [0, 0.1) is 6.92 Å². The van der Waals surface area contributed by atoms with Crippen molar-refractivity contribution >= 4 is 73.3 Å². The quantitative estimate of drug-likeness (QED) is 0.0747. The van der Waals surface area contributed by atoms with Crippen LogP contribution in [0.3, 0.4) is 0 Å². The molecule has 0 bridgehead atoms. The first-order valence-corrected chi connectivity index (χ1v) is 25.9. The molecule has 14 heteroatoms. The van der Waals surface area contributed by atoms with Gasteiger partial charge < -0.3 is 28.6 Å². The molecule has 9 rings (SSSR count). The number of ether oxygens (including phenoxy) is 5. The lowest BCUT2D eigenvalue weighted by Gasteiger charge is -2.35. The van der Waals surface area contributed by atoms with Crippen LogP contribution in [-0.4, -0.2) is 94.0 Å². The first-order valence-electron chi connectivity index (χ1n) is 23.3. The molecule has 0 spiro atoms. The summed E-state index contributed by atoms with van der Waals surface area (Å²) in [6.07, 6.45) is 8.24. The molecule has 4 aliphatic heterocycles. The zero-order valence-electron chi connectivity index (χ0n) is 39.7. The second-order valence-corrected chi connectivity index (χ2v) is 21.8. The molecule has 354 valence electrons. The van der Waals surface area contributed by atoms with Gasteiger partial charge in [0.25, 0.3) is 11.8 Å². The van der Waals surface area contributed by atoms with Crippen LogP contribution in [0.5, 0.6) is 17.2 Å². The number of para-hydroxylation sites is 2. The zero-order chi connectivity index (χ0) is 47.5. The second kappa shape index (κ2) is 20.3. The van der Waals surface area contributed by atoms with Gasteiger partial charge in [0.05, 0.1) is 61.5 Å². The Morgan fingerprint density at radius 2 is 1.26 bits per heavy atom. The summed E-state index contributed by atoms with van der Waals surface area (Å²) in [5.74, 6) is 1.36. The van der Waals surface area contributed by atoms with E-state index in [4.69, 9.17) is 44.9 Å². The Morgan fingerprint density at radius 1 is 0.721 bits per heavy atom. The fourth-order valence-corrected chi connectivity index (χ4v) is 9.79. The molecule has 0 N–H and O–H groups in total. The molecule has 3 atom stereocenters. The number of methoxy groups -OCH3 is 1. The lowest BCUT2D eigenvalue weighted by molar-refractivity contribution is 0.0505. The predicted molar refractivity (Wildman–Crippen MR) is 276 cm³/mol. The predicted octanol–water partition coefficient (Wildman–Crippen LogP) is 9.47. The molecule has 68 heavy (non-hydrogen) atoms. The topological polar surface area (TPSA) is 115 Å². The Hall–Kier alpha value is -5.93. The summed E-state index contributed by atoms with van der Waals surface area (Å²) in [6.45, 7) is 12.5. The summed E-state index contributed by atoms with van der Waals surface area (Å²) in [7, 11) is 1.28. The summed E-state index contributed by atoms with van der Waals surface area (Å²) in [5.41, 5.74) is 9.85. The third kappa shape index (κ3) is 9.82. The minimum Gasteiger partial charge on any atom is -0.493 e. The van der Waals surface area contributed by atoms with Crippen LogP contribution < -0.4 is 28.9 Å². The molecule has 0 fully saturated rings. The van der Waals surface area contributed by atoms with E-state index in [1.54, 1.807) is 19.2 Å². The lowest BCUT2D eigenvalue weighted by Crippen LogP contribution is -2.43. The van der Waals surface area contributed by atoms with Gasteiger partial charge in [0.1, 0.15) is 19.0 Å². The highest BCUT2D eigenvalue weighted by Gasteiger charge is 2.38. The van der Waals surface area contributed by atoms with Gasteiger partial charge in [-0.2, -0.15) is 0 Å². The van der Waals surface area contributed by atoms with Crippen LogP contribution in [0.25, 0.3) is 0 Å². The molecule has 4 aliphatic rings. The van der Waals surface area contributed by atoms with E-state index in [0.717, 1.165) is 57.7 Å². The Labute approximate surface area is 406 Å². The van der Waals surface area contributed by atoms with Crippen molar-refractivity contribution in [2.24, 2.45) is 9.98 Å². The van der Waals surface area contributed by atoms with Crippen LogP contribution in [0.1, 0.15) is 75.7 Å². The number of rotatable bonds is 19. The van der Waals surface area contributed by atoms with E-state index in [2.05, 4.69) is 62.3 Å². The van der Waals surface area contributed by atoms with E-state index >= 15 is 0 Å². The van der Waals surface area contributed by atoms with Gasteiger partial charge in [-0.25, -0.2) is 0 Å². The number of anilines is 3. The molecule has 0 aliphatic carbocycles. The van der Waals surface area contributed by atoms with Gasteiger partial charge >= 0.3 is 0 Å². The second-order valence-electron chi connectivity index (χ2n) is 18.3. The van der Waals surface area contributed by atoms with Crippen LogP contribution >= 0.6 is 0 Å². The number of benzene rings is 5. The number of fused-ring (bicyclic) bond motifs is 8. The average Bonchev–Trinajstić information content (AvgIpc) is 3.83. The van der Waals surface area contributed by atoms with E-state index in [1.165, 1.54) is 0 Å². The van der Waals surface area contributed by atoms with Gasteiger partial charge in [0, 0.05) is 78.9 Å². The molecule has 0 saturated carbocycles. The van der Waals surface area contributed by atoms with Gasteiger partial charge in [0.2, 0.25) is 0 Å². The molecule has 4 heterocycles. The fraction of sp³-hybridized carbons (Fsp3) is 0.370. The standard InChI is InChI=1S/C54H59N5O7S2/c1-7-17-63-19-20-64-18-16-57(34-54(3,4)68(6)67)40-23-36(32-65-49-28-45-43(21-35(49)2)52(60)58-41(30-55-45)25-38-12-8-10-14-47(38)58)22-37(24-40)33-66-51-29-46-44(27-50(51)62-5)53(61)59-42(31-56-46)26-39-13-9-11-15-48(39)59/h8-15,21-24,27-31,41-42H,7,16-20,25-26,32-34H2,1-6H3/t41-,42-,68?/m0/s1. The highest BCUT2D eigenvalue weighted by molar-refractivity contribution is 8.29. The van der Waals surface area contributed by atoms with Crippen molar-refractivity contribution in [3.8, 4) is 17.2 Å². The van der Waals surface area contributed by atoms with E-state index in [9.17, 15) is 9.59 Å². The van der Waals surface area contributed by atoms with Crippen molar-refractivity contribution in [1.82, 2.24) is 0 Å². The first-order chi connectivity index (χ1) is 32.9. The molecular formula is C54H59N5O7S2. The summed E-state index contributed by atoms with van der Waals surface area (Å²) in [5, 5.41) is 0. The van der Waals surface area contributed by atoms with Crippen molar-refractivity contribution in [2.45, 2.75) is 77.0 Å². The van der Waals surface area contributed by atoms with Crippen LogP contribution in [0.15, 0.2) is 101 Å². The molecule has 0 saturated heterocycles. The Morgan fingerprint density at radius 3 is 1.84 bits per heavy atom. The average molecular weight is 954 g/mol. The monoisotopic (exact) mass is 953 g/mol. The molecule has 5 aromatic carbocycles. The highest BCUT2D eigenvalue weighted by atomic mass is 32.8. The fourth-order valence-electron chi connectivity index (χ4n) is 9.29. The Kier molecular flexibility index (Phi) is 14.1. The van der Waals surface area contributed by atoms with Crippen LogP contribution in [-0.2, 0) is 56.2 Å². The third-order valence-electron chi connectivity index (χ3n) is 13.0. The lowest BCUT2D eigenvalue weighted by atomic mass is 10.1. The molecule has 5 aromatic rings. The molecule has 12 nitrogen and oxygen atoms in total. The van der Waals surface area contributed by atoms with E-state index in [-0.39, 0.29) is 51.3 Å². The Bertz CT molecular complexity index is 2810. The van der Waals surface area contributed by atoms with Crippen molar-refractivity contribution in [1.29, 1.82) is 0 Å². The van der Waals surface area contributed by atoms with Gasteiger partial charge in [-0.3, -0.25) is 29.4 Å². The normalized spacial score (nSPS) is 17.1. The molecule has 0 aromatic heterocycles. The van der Waals surface area contributed by atoms with Crippen molar-refractivity contribution in [3.05, 3.63) is 130 Å².